The van der Waals surface area contributed by atoms with Gasteiger partial charge in [-0.05, 0) is 52.1 Å². The first kappa shape index (κ1) is 16.5. The molecule has 1 saturated heterocycles. The van der Waals surface area contributed by atoms with Crippen LogP contribution in [0.1, 0.15) is 42.9 Å². The van der Waals surface area contributed by atoms with Crippen LogP contribution in [0, 0.1) is 19.8 Å². The number of furan rings is 1. The molecule has 0 spiro atoms. The SMILES string of the molecule is Cc1cc(C(C)NS(=O)(=O)N2CCCC(CN)C2)c(C)o1. The van der Waals surface area contributed by atoms with Crippen molar-refractivity contribution < 1.29 is 12.8 Å². The number of hydrogen-bond donors (Lipinski definition) is 2. The molecule has 3 N–H and O–H groups in total. The molecule has 1 aromatic rings. The summed E-state index contributed by atoms with van der Waals surface area (Å²) in [5, 5.41) is 0. The minimum Gasteiger partial charge on any atom is -0.466 e. The van der Waals surface area contributed by atoms with Gasteiger partial charge in [-0.15, -0.1) is 0 Å². The fraction of sp³-hybridized carbons (Fsp3) is 0.714. The van der Waals surface area contributed by atoms with Gasteiger partial charge in [0, 0.05) is 24.7 Å². The Morgan fingerprint density at radius 1 is 1.52 bits per heavy atom. The molecule has 1 aliphatic rings. The molecular formula is C14H25N3O3S. The largest absolute Gasteiger partial charge is 0.466 e. The van der Waals surface area contributed by atoms with Crippen LogP contribution in [0.4, 0.5) is 0 Å². The average molecular weight is 315 g/mol. The van der Waals surface area contributed by atoms with Gasteiger partial charge in [-0.2, -0.15) is 17.4 Å². The summed E-state index contributed by atoms with van der Waals surface area (Å²) < 4.78 is 34.7. The summed E-state index contributed by atoms with van der Waals surface area (Å²) in [6.07, 6.45) is 1.86. The van der Waals surface area contributed by atoms with Crippen LogP contribution in [0.2, 0.25) is 0 Å². The molecule has 1 fully saturated rings. The maximum Gasteiger partial charge on any atom is 0.280 e. The van der Waals surface area contributed by atoms with Crippen LogP contribution >= 0.6 is 0 Å². The number of nitrogens with zero attached hydrogens (tertiary/aromatic N) is 1. The summed E-state index contributed by atoms with van der Waals surface area (Å²) in [6, 6.07) is 1.56. The van der Waals surface area contributed by atoms with Gasteiger partial charge in [0.1, 0.15) is 11.5 Å². The van der Waals surface area contributed by atoms with Crippen molar-refractivity contribution >= 4 is 10.2 Å². The average Bonchev–Trinajstić information content (AvgIpc) is 2.77. The van der Waals surface area contributed by atoms with E-state index in [0.717, 1.165) is 29.9 Å². The molecule has 0 aromatic carbocycles. The molecule has 120 valence electrons. The predicted octanol–water partition coefficient (Wildman–Crippen LogP) is 1.46. The van der Waals surface area contributed by atoms with E-state index in [0.29, 0.717) is 19.6 Å². The minimum atomic E-state index is -3.50. The molecule has 1 aliphatic heterocycles. The molecule has 7 heteroatoms. The number of piperidine rings is 1. The van der Waals surface area contributed by atoms with Crippen LogP contribution in [-0.2, 0) is 10.2 Å². The van der Waals surface area contributed by atoms with Gasteiger partial charge in [-0.25, -0.2) is 0 Å². The Hall–Kier alpha value is -0.890. The topological polar surface area (TPSA) is 88.6 Å². The summed E-state index contributed by atoms with van der Waals surface area (Å²) in [7, 11) is -3.50. The van der Waals surface area contributed by atoms with Crippen LogP contribution in [0.15, 0.2) is 10.5 Å². The standard InChI is InChI=1S/C14H25N3O3S/c1-10-7-14(12(3)20-10)11(2)16-21(18,19)17-6-4-5-13(8-15)9-17/h7,11,13,16H,4-6,8-9,15H2,1-3H3. The fourth-order valence-corrected chi connectivity index (χ4v) is 4.38. The minimum absolute atomic E-state index is 0.253. The van der Waals surface area contributed by atoms with Crippen molar-refractivity contribution in [3.05, 3.63) is 23.2 Å². The molecule has 0 bridgehead atoms. The van der Waals surface area contributed by atoms with Gasteiger partial charge < -0.3 is 10.2 Å². The lowest BCUT2D eigenvalue weighted by Gasteiger charge is -2.32. The van der Waals surface area contributed by atoms with E-state index in [2.05, 4.69) is 4.72 Å². The Kier molecular flexibility index (Phi) is 5.08. The van der Waals surface area contributed by atoms with E-state index in [1.807, 2.05) is 26.8 Å². The Bertz CT molecular complexity index is 582. The Labute approximate surface area is 126 Å². The van der Waals surface area contributed by atoms with Gasteiger partial charge in [-0.1, -0.05) is 0 Å². The third kappa shape index (κ3) is 3.85. The van der Waals surface area contributed by atoms with Crippen molar-refractivity contribution in [2.45, 2.75) is 39.7 Å². The molecule has 0 saturated carbocycles. The Morgan fingerprint density at radius 2 is 2.24 bits per heavy atom. The van der Waals surface area contributed by atoms with E-state index in [4.69, 9.17) is 10.2 Å². The number of aryl methyl sites for hydroxylation is 2. The normalized spacial score (nSPS) is 22.4. The van der Waals surface area contributed by atoms with Crippen molar-refractivity contribution in [2.24, 2.45) is 11.7 Å². The highest BCUT2D eigenvalue weighted by molar-refractivity contribution is 7.87. The van der Waals surface area contributed by atoms with Gasteiger partial charge in [0.05, 0.1) is 0 Å². The molecular weight excluding hydrogens is 290 g/mol. The van der Waals surface area contributed by atoms with Crippen LogP contribution in [-0.4, -0.2) is 32.4 Å². The number of rotatable bonds is 5. The predicted molar refractivity (Wildman–Crippen MR) is 82.0 cm³/mol. The summed E-state index contributed by atoms with van der Waals surface area (Å²) in [6.45, 7) is 7.12. The van der Waals surface area contributed by atoms with Crippen molar-refractivity contribution in [1.82, 2.24) is 9.03 Å². The number of hydrogen-bond acceptors (Lipinski definition) is 4. The lowest BCUT2D eigenvalue weighted by molar-refractivity contribution is 0.267. The molecule has 2 atom stereocenters. The lowest BCUT2D eigenvalue weighted by Crippen LogP contribution is -2.47. The highest BCUT2D eigenvalue weighted by Gasteiger charge is 2.30. The number of nitrogens with two attached hydrogens (primary N) is 1. The fourth-order valence-electron chi connectivity index (χ4n) is 2.88. The summed E-state index contributed by atoms with van der Waals surface area (Å²) >= 11 is 0. The van der Waals surface area contributed by atoms with E-state index in [9.17, 15) is 8.42 Å². The highest BCUT2D eigenvalue weighted by Crippen LogP contribution is 2.24. The van der Waals surface area contributed by atoms with Crippen LogP contribution < -0.4 is 10.5 Å². The van der Waals surface area contributed by atoms with Gasteiger partial charge in [-0.3, -0.25) is 0 Å². The molecule has 0 aliphatic carbocycles. The molecule has 21 heavy (non-hydrogen) atoms. The van der Waals surface area contributed by atoms with Crippen LogP contribution in [0.25, 0.3) is 0 Å². The van der Waals surface area contributed by atoms with E-state index in [-0.39, 0.29) is 12.0 Å². The van der Waals surface area contributed by atoms with Crippen molar-refractivity contribution in [3.8, 4) is 0 Å². The number of nitrogens with one attached hydrogen (secondary N) is 1. The first-order valence-electron chi connectivity index (χ1n) is 7.38. The molecule has 0 amide bonds. The molecule has 6 nitrogen and oxygen atoms in total. The molecule has 2 rings (SSSR count). The van der Waals surface area contributed by atoms with E-state index in [1.165, 1.54) is 4.31 Å². The van der Waals surface area contributed by atoms with Crippen LogP contribution in [0.5, 0.6) is 0 Å². The lowest BCUT2D eigenvalue weighted by atomic mass is 10.0. The zero-order valence-electron chi connectivity index (χ0n) is 12.9. The summed E-state index contributed by atoms with van der Waals surface area (Å²) in [5.74, 6) is 1.79. The molecule has 2 unspecified atom stereocenters. The third-order valence-electron chi connectivity index (χ3n) is 4.03. The zero-order chi connectivity index (χ0) is 15.6. The smallest absolute Gasteiger partial charge is 0.280 e. The van der Waals surface area contributed by atoms with Crippen molar-refractivity contribution in [1.29, 1.82) is 0 Å². The van der Waals surface area contributed by atoms with E-state index in [1.54, 1.807) is 0 Å². The first-order chi connectivity index (χ1) is 9.83. The van der Waals surface area contributed by atoms with Crippen molar-refractivity contribution in [3.63, 3.8) is 0 Å². The second kappa shape index (κ2) is 6.48. The quantitative estimate of drug-likeness (QED) is 0.861. The maximum absolute atomic E-state index is 12.5. The second-order valence-electron chi connectivity index (χ2n) is 5.82. The van der Waals surface area contributed by atoms with E-state index < -0.39 is 10.2 Å². The van der Waals surface area contributed by atoms with Gasteiger partial charge >= 0.3 is 0 Å². The molecule has 1 aromatic heterocycles. The Morgan fingerprint density at radius 3 is 2.81 bits per heavy atom. The molecule has 0 radical (unpaired) electrons. The van der Waals surface area contributed by atoms with Gasteiger partial charge in [0.15, 0.2) is 0 Å². The third-order valence-corrected chi connectivity index (χ3v) is 5.69. The zero-order valence-corrected chi connectivity index (χ0v) is 13.7. The van der Waals surface area contributed by atoms with Gasteiger partial charge in [0.2, 0.25) is 0 Å². The van der Waals surface area contributed by atoms with Gasteiger partial charge in [0.25, 0.3) is 10.2 Å². The van der Waals surface area contributed by atoms with Crippen molar-refractivity contribution in [2.75, 3.05) is 19.6 Å². The monoisotopic (exact) mass is 315 g/mol. The Balaban J connectivity index is 2.08. The first-order valence-corrected chi connectivity index (χ1v) is 8.82. The summed E-state index contributed by atoms with van der Waals surface area (Å²) in [5.41, 5.74) is 6.55. The molecule has 2 heterocycles. The van der Waals surface area contributed by atoms with E-state index >= 15 is 0 Å². The highest BCUT2D eigenvalue weighted by atomic mass is 32.2. The maximum atomic E-state index is 12.5. The van der Waals surface area contributed by atoms with Crippen LogP contribution in [0.3, 0.4) is 0 Å². The second-order valence-corrected chi connectivity index (χ2v) is 7.52. The summed E-state index contributed by atoms with van der Waals surface area (Å²) in [4.78, 5) is 0.